The zero-order valence-corrected chi connectivity index (χ0v) is 22.3. The lowest BCUT2D eigenvalue weighted by atomic mass is 9.53. The highest BCUT2D eigenvalue weighted by Crippen LogP contribution is 2.64. The summed E-state index contributed by atoms with van der Waals surface area (Å²) in [6.45, 7) is 18.4. The van der Waals surface area contributed by atoms with Gasteiger partial charge in [0.2, 0.25) is 0 Å². The van der Waals surface area contributed by atoms with Gasteiger partial charge < -0.3 is 19.0 Å². The van der Waals surface area contributed by atoms with Crippen molar-refractivity contribution in [3.63, 3.8) is 0 Å². The molecule has 0 radical (unpaired) electrons. The molecule has 4 nitrogen and oxygen atoms in total. The standard InChI is InChI=1S/C26H48O4Si/c1-23(2,3)31(6,7)30-22-10-11-24(4,21(17-22)18-27)19-8-12-25(5)20(16-19)9-13-26(25)28-14-15-29-26/h19-22,27H,8-18H2,1-7H3/t19?,20?,21-,22+,24-,25+/m1/s1. The molecule has 1 saturated heterocycles. The molecular weight excluding hydrogens is 404 g/mol. The highest BCUT2D eigenvalue weighted by Gasteiger charge is 2.63. The minimum atomic E-state index is -1.78. The van der Waals surface area contributed by atoms with Crippen molar-refractivity contribution in [2.24, 2.45) is 28.6 Å². The summed E-state index contributed by atoms with van der Waals surface area (Å²) in [6.07, 6.45) is 9.66. The zero-order valence-electron chi connectivity index (χ0n) is 21.3. The van der Waals surface area contributed by atoms with Crippen LogP contribution in [0.3, 0.4) is 0 Å². The smallest absolute Gasteiger partial charge is 0.192 e. The molecule has 2 unspecified atom stereocenters. The number of ether oxygens (including phenoxy) is 2. The van der Waals surface area contributed by atoms with Crippen LogP contribution in [-0.2, 0) is 13.9 Å². The van der Waals surface area contributed by atoms with E-state index in [1.807, 2.05) is 0 Å². The Morgan fingerprint density at radius 1 is 0.935 bits per heavy atom. The third-order valence-corrected chi connectivity index (χ3v) is 15.4. The molecule has 0 aromatic carbocycles. The predicted molar refractivity (Wildman–Crippen MR) is 127 cm³/mol. The molecule has 0 aromatic heterocycles. The Morgan fingerprint density at radius 3 is 2.19 bits per heavy atom. The van der Waals surface area contributed by atoms with Gasteiger partial charge in [-0.05, 0) is 86.2 Å². The average molecular weight is 453 g/mol. The van der Waals surface area contributed by atoms with E-state index >= 15 is 0 Å². The number of hydrogen-bond donors (Lipinski definition) is 1. The molecule has 180 valence electrons. The molecule has 1 spiro atoms. The van der Waals surface area contributed by atoms with Crippen molar-refractivity contribution in [3.8, 4) is 0 Å². The topological polar surface area (TPSA) is 47.9 Å². The Hall–Kier alpha value is 0.0569. The first kappa shape index (κ1) is 24.2. The molecule has 5 heteroatoms. The molecule has 3 aliphatic carbocycles. The highest BCUT2D eigenvalue weighted by molar-refractivity contribution is 6.74. The summed E-state index contributed by atoms with van der Waals surface area (Å²) in [4.78, 5) is 0. The van der Waals surface area contributed by atoms with Gasteiger partial charge >= 0.3 is 0 Å². The molecule has 31 heavy (non-hydrogen) atoms. The molecule has 0 bridgehead atoms. The van der Waals surface area contributed by atoms with Crippen molar-refractivity contribution in [1.29, 1.82) is 0 Å². The van der Waals surface area contributed by atoms with E-state index in [-0.39, 0.29) is 21.7 Å². The fourth-order valence-electron chi connectivity index (χ4n) is 7.42. The maximum atomic E-state index is 10.5. The van der Waals surface area contributed by atoms with Gasteiger partial charge in [0.25, 0.3) is 0 Å². The van der Waals surface area contributed by atoms with Gasteiger partial charge in [0, 0.05) is 24.5 Å². The van der Waals surface area contributed by atoms with Crippen LogP contribution in [0.1, 0.15) is 86.0 Å². The van der Waals surface area contributed by atoms with Gasteiger partial charge in [-0.2, -0.15) is 0 Å². The van der Waals surface area contributed by atoms with Gasteiger partial charge in [-0.15, -0.1) is 0 Å². The molecule has 1 heterocycles. The summed E-state index contributed by atoms with van der Waals surface area (Å²) in [7, 11) is -1.78. The number of aliphatic hydroxyl groups is 1. The minimum Gasteiger partial charge on any atom is -0.414 e. The van der Waals surface area contributed by atoms with E-state index in [2.05, 4.69) is 47.7 Å². The number of rotatable bonds is 4. The number of hydrogen-bond acceptors (Lipinski definition) is 4. The summed E-state index contributed by atoms with van der Waals surface area (Å²) >= 11 is 0. The van der Waals surface area contributed by atoms with Crippen LogP contribution in [0, 0.1) is 28.6 Å². The Kier molecular flexibility index (Phi) is 6.30. The van der Waals surface area contributed by atoms with Crippen LogP contribution in [0.15, 0.2) is 0 Å². The minimum absolute atomic E-state index is 0.160. The third-order valence-electron chi connectivity index (χ3n) is 10.8. The van der Waals surface area contributed by atoms with Crippen LogP contribution in [0.5, 0.6) is 0 Å². The lowest BCUT2D eigenvalue weighted by molar-refractivity contribution is -0.236. The van der Waals surface area contributed by atoms with Gasteiger partial charge in [0.1, 0.15) is 0 Å². The monoisotopic (exact) mass is 452 g/mol. The number of fused-ring (bicyclic) bond motifs is 2. The second kappa shape index (κ2) is 8.08. The van der Waals surface area contributed by atoms with E-state index in [1.165, 1.54) is 32.1 Å². The van der Waals surface area contributed by atoms with E-state index in [9.17, 15) is 5.11 Å². The van der Waals surface area contributed by atoms with E-state index in [4.69, 9.17) is 13.9 Å². The lowest BCUT2D eigenvalue weighted by Crippen LogP contribution is -2.53. The molecule has 6 atom stereocenters. The van der Waals surface area contributed by atoms with Crippen LogP contribution < -0.4 is 0 Å². The first-order chi connectivity index (χ1) is 14.4. The fraction of sp³-hybridized carbons (Fsp3) is 1.00. The Labute approximate surface area is 191 Å². The molecule has 0 amide bonds. The van der Waals surface area contributed by atoms with Crippen molar-refractivity contribution >= 4 is 8.32 Å². The average Bonchev–Trinajstić information content (AvgIpc) is 3.28. The molecule has 4 rings (SSSR count). The number of aliphatic hydroxyl groups excluding tert-OH is 1. The van der Waals surface area contributed by atoms with E-state index in [0.717, 1.165) is 32.5 Å². The van der Waals surface area contributed by atoms with E-state index in [0.29, 0.717) is 30.5 Å². The quantitative estimate of drug-likeness (QED) is 0.521. The summed E-state index contributed by atoms with van der Waals surface area (Å²) in [5, 5.41) is 10.7. The van der Waals surface area contributed by atoms with Crippen LogP contribution in [-0.4, -0.2) is 45.1 Å². The summed E-state index contributed by atoms with van der Waals surface area (Å²) in [5.41, 5.74) is 0.379. The Morgan fingerprint density at radius 2 is 1.58 bits per heavy atom. The Balaban J connectivity index is 1.44. The van der Waals surface area contributed by atoms with Gasteiger partial charge in [-0.1, -0.05) is 34.6 Å². The van der Waals surface area contributed by atoms with Crippen molar-refractivity contribution in [2.75, 3.05) is 19.8 Å². The summed E-state index contributed by atoms with van der Waals surface area (Å²) < 4.78 is 19.3. The van der Waals surface area contributed by atoms with Crippen molar-refractivity contribution in [2.45, 2.75) is 116 Å². The van der Waals surface area contributed by atoms with Gasteiger partial charge in [-0.25, -0.2) is 0 Å². The molecule has 3 saturated carbocycles. The van der Waals surface area contributed by atoms with Gasteiger partial charge in [0.05, 0.1) is 13.2 Å². The molecule has 0 aromatic rings. The largest absolute Gasteiger partial charge is 0.414 e. The lowest BCUT2D eigenvalue weighted by Gasteiger charge is -2.55. The van der Waals surface area contributed by atoms with E-state index < -0.39 is 8.32 Å². The second-order valence-electron chi connectivity index (χ2n) is 13.2. The maximum Gasteiger partial charge on any atom is 0.192 e. The van der Waals surface area contributed by atoms with Gasteiger partial charge in [0.15, 0.2) is 14.1 Å². The SMILES string of the molecule is CC(C)(C)[Si](C)(C)O[C@H]1CC[C@](C)(C2CC[C@@]3(C)C(CCC34OCCO4)C2)[C@@H](CO)C1. The van der Waals surface area contributed by atoms with Crippen LogP contribution >= 0.6 is 0 Å². The molecular formula is C26H48O4Si. The molecule has 4 fully saturated rings. The summed E-state index contributed by atoms with van der Waals surface area (Å²) in [5.74, 6) is 1.41. The fourth-order valence-corrected chi connectivity index (χ4v) is 8.82. The molecule has 4 aliphatic rings. The van der Waals surface area contributed by atoms with E-state index in [1.54, 1.807) is 0 Å². The van der Waals surface area contributed by atoms with Crippen LogP contribution in [0.2, 0.25) is 18.1 Å². The normalized spacial score (nSPS) is 43.4. The van der Waals surface area contributed by atoms with Crippen molar-refractivity contribution in [3.05, 3.63) is 0 Å². The summed E-state index contributed by atoms with van der Waals surface area (Å²) in [6, 6.07) is 0. The van der Waals surface area contributed by atoms with Crippen molar-refractivity contribution < 1.29 is 19.0 Å². The maximum absolute atomic E-state index is 10.5. The first-order valence-electron chi connectivity index (χ1n) is 12.9. The zero-order chi connectivity index (χ0) is 22.7. The third kappa shape index (κ3) is 3.88. The predicted octanol–water partition coefficient (Wildman–Crippen LogP) is 6.14. The van der Waals surface area contributed by atoms with Crippen LogP contribution in [0.4, 0.5) is 0 Å². The Bertz CT molecular complexity index is 652. The van der Waals surface area contributed by atoms with Gasteiger partial charge in [-0.3, -0.25) is 0 Å². The molecule has 1 N–H and O–H groups in total. The highest BCUT2D eigenvalue weighted by atomic mass is 28.4. The molecule has 1 aliphatic heterocycles. The van der Waals surface area contributed by atoms with Crippen LogP contribution in [0.25, 0.3) is 0 Å². The first-order valence-corrected chi connectivity index (χ1v) is 15.8. The second-order valence-corrected chi connectivity index (χ2v) is 18.0. The van der Waals surface area contributed by atoms with Crippen molar-refractivity contribution in [1.82, 2.24) is 0 Å².